The number of hydrogen-bond acceptors (Lipinski definition) is 6. The molecule has 2 aromatic rings. The van der Waals surface area contributed by atoms with Crippen LogP contribution in [0.5, 0.6) is 0 Å². The third-order valence-electron chi connectivity index (χ3n) is 3.70. The summed E-state index contributed by atoms with van der Waals surface area (Å²) in [5.74, 6) is 0.650. The molecule has 1 saturated heterocycles. The number of benzene rings is 1. The Balaban J connectivity index is 1.52. The number of amides is 1. The second kappa shape index (κ2) is 7.79. The minimum absolute atomic E-state index is 0.207. The summed E-state index contributed by atoms with van der Waals surface area (Å²) in [5.41, 5.74) is 2.20. The van der Waals surface area contributed by atoms with Crippen LogP contribution in [0.4, 0.5) is 10.8 Å². The van der Waals surface area contributed by atoms with E-state index in [0.717, 1.165) is 41.1 Å². The van der Waals surface area contributed by atoms with E-state index in [2.05, 4.69) is 34.6 Å². The van der Waals surface area contributed by atoms with Crippen molar-refractivity contribution in [1.29, 1.82) is 0 Å². The molecule has 0 saturated carbocycles. The van der Waals surface area contributed by atoms with E-state index < -0.39 is 0 Å². The van der Waals surface area contributed by atoms with Crippen molar-refractivity contribution in [2.75, 3.05) is 24.2 Å². The summed E-state index contributed by atoms with van der Waals surface area (Å²) in [4.78, 5) is 14.1. The third-order valence-corrected chi connectivity index (χ3v) is 5.66. The molecular formula is C16H20N4OS2. The topological polar surface area (TPSA) is 58.1 Å². The van der Waals surface area contributed by atoms with Gasteiger partial charge in [-0.2, -0.15) is 0 Å². The van der Waals surface area contributed by atoms with E-state index in [9.17, 15) is 4.79 Å². The van der Waals surface area contributed by atoms with Gasteiger partial charge in [0, 0.05) is 18.8 Å². The van der Waals surface area contributed by atoms with Crippen molar-refractivity contribution in [3.63, 3.8) is 0 Å². The monoisotopic (exact) mass is 348 g/mol. The fourth-order valence-corrected chi connectivity index (χ4v) is 4.20. The molecule has 1 aliphatic heterocycles. The van der Waals surface area contributed by atoms with Crippen molar-refractivity contribution >= 4 is 39.8 Å². The van der Waals surface area contributed by atoms with Gasteiger partial charge in [0.25, 0.3) is 0 Å². The Bertz CT molecular complexity index is 668. The molecule has 3 rings (SSSR count). The Morgan fingerprint density at radius 3 is 2.91 bits per heavy atom. The number of aromatic nitrogens is 2. The molecule has 122 valence electrons. The van der Waals surface area contributed by atoms with E-state index in [1.165, 1.54) is 35.1 Å². The Kier molecular flexibility index (Phi) is 5.51. The van der Waals surface area contributed by atoms with Gasteiger partial charge in [0.1, 0.15) is 0 Å². The number of anilines is 2. The molecule has 1 aromatic heterocycles. The van der Waals surface area contributed by atoms with E-state index in [1.807, 2.05) is 17.0 Å². The van der Waals surface area contributed by atoms with Crippen molar-refractivity contribution in [3.05, 3.63) is 29.8 Å². The first-order chi connectivity index (χ1) is 11.2. The van der Waals surface area contributed by atoms with Gasteiger partial charge in [-0.05, 0) is 43.9 Å². The van der Waals surface area contributed by atoms with E-state index in [1.54, 1.807) is 0 Å². The first kappa shape index (κ1) is 16.3. The average molecular weight is 348 g/mol. The van der Waals surface area contributed by atoms with Gasteiger partial charge in [-0.3, -0.25) is 4.79 Å². The summed E-state index contributed by atoms with van der Waals surface area (Å²) < 4.78 is 0.825. The predicted octanol–water partition coefficient (Wildman–Crippen LogP) is 3.69. The molecule has 23 heavy (non-hydrogen) atoms. The molecule has 1 amide bonds. The zero-order valence-corrected chi connectivity index (χ0v) is 14.8. The number of rotatable bonds is 5. The van der Waals surface area contributed by atoms with Crippen LogP contribution in [0.2, 0.25) is 0 Å². The molecule has 1 fully saturated rings. The number of thioether (sulfide) groups is 1. The molecule has 2 heterocycles. The predicted molar refractivity (Wildman–Crippen MR) is 95.5 cm³/mol. The van der Waals surface area contributed by atoms with Crippen LogP contribution >= 0.6 is 23.1 Å². The van der Waals surface area contributed by atoms with Crippen molar-refractivity contribution in [1.82, 2.24) is 15.1 Å². The molecule has 0 unspecified atom stereocenters. The van der Waals surface area contributed by atoms with Crippen LogP contribution in [0.25, 0.3) is 0 Å². The molecule has 1 aliphatic rings. The highest BCUT2D eigenvalue weighted by Crippen LogP contribution is 2.28. The molecule has 0 aliphatic carbocycles. The summed E-state index contributed by atoms with van der Waals surface area (Å²) in [5, 5.41) is 12.3. The maximum atomic E-state index is 12.2. The second-order valence-electron chi connectivity index (χ2n) is 5.60. The van der Waals surface area contributed by atoms with E-state index >= 15 is 0 Å². The molecular weight excluding hydrogens is 328 g/mol. The number of hydrogen-bond donors (Lipinski definition) is 1. The SMILES string of the molecule is Cc1cccc(Nc2nnc(SCC(=O)N3CCCCC3)s2)c1. The van der Waals surface area contributed by atoms with Crippen molar-refractivity contribution in [2.45, 2.75) is 30.5 Å². The molecule has 1 aromatic carbocycles. The van der Waals surface area contributed by atoms with Gasteiger partial charge in [0.05, 0.1) is 5.75 Å². The summed E-state index contributed by atoms with van der Waals surface area (Å²) in [6.07, 6.45) is 3.49. The number of nitrogens with one attached hydrogen (secondary N) is 1. The van der Waals surface area contributed by atoms with Crippen LogP contribution in [0.3, 0.4) is 0 Å². The second-order valence-corrected chi connectivity index (χ2v) is 7.80. The lowest BCUT2D eigenvalue weighted by atomic mass is 10.1. The molecule has 0 spiro atoms. The summed E-state index contributed by atoms with van der Waals surface area (Å²) >= 11 is 2.95. The van der Waals surface area contributed by atoms with Crippen LogP contribution in [-0.2, 0) is 4.79 Å². The van der Waals surface area contributed by atoms with Crippen molar-refractivity contribution in [2.24, 2.45) is 0 Å². The van der Waals surface area contributed by atoms with Crippen LogP contribution in [-0.4, -0.2) is 39.8 Å². The average Bonchev–Trinajstić information content (AvgIpc) is 3.01. The maximum absolute atomic E-state index is 12.2. The number of carbonyl (C=O) groups is 1. The minimum atomic E-state index is 0.207. The fourth-order valence-electron chi connectivity index (χ4n) is 2.52. The quantitative estimate of drug-likeness (QED) is 0.835. The zero-order chi connectivity index (χ0) is 16.1. The van der Waals surface area contributed by atoms with Gasteiger partial charge < -0.3 is 10.2 Å². The van der Waals surface area contributed by atoms with Crippen LogP contribution in [0.1, 0.15) is 24.8 Å². The highest BCUT2D eigenvalue weighted by atomic mass is 32.2. The number of aryl methyl sites for hydroxylation is 1. The first-order valence-corrected chi connectivity index (χ1v) is 9.59. The molecule has 5 nitrogen and oxygen atoms in total. The fraction of sp³-hybridized carbons (Fsp3) is 0.438. The molecule has 7 heteroatoms. The Labute approximate surface area is 144 Å². The first-order valence-electron chi connectivity index (χ1n) is 7.78. The minimum Gasteiger partial charge on any atom is -0.342 e. The summed E-state index contributed by atoms with van der Waals surface area (Å²) in [7, 11) is 0. The summed E-state index contributed by atoms with van der Waals surface area (Å²) in [6.45, 7) is 3.85. The third kappa shape index (κ3) is 4.68. The van der Waals surface area contributed by atoms with Crippen molar-refractivity contribution in [3.8, 4) is 0 Å². The van der Waals surface area contributed by atoms with Gasteiger partial charge in [-0.15, -0.1) is 10.2 Å². The number of likely N-dealkylation sites (tertiary alicyclic amines) is 1. The van der Waals surface area contributed by atoms with Crippen LogP contribution in [0, 0.1) is 6.92 Å². The zero-order valence-electron chi connectivity index (χ0n) is 13.1. The lowest BCUT2D eigenvalue weighted by molar-refractivity contribution is -0.129. The number of nitrogens with zero attached hydrogens (tertiary/aromatic N) is 3. The lowest BCUT2D eigenvalue weighted by Gasteiger charge is -2.26. The molecule has 0 bridgehead atoms. The molecule has 1 N–H and O–H groups in total. The van der Waals surface area contributed by atoms with Gasteiger partial charge in [-0.25, -0.2) is 0 Å². The highest BCUT2D eigenvalue weighted by Gasteiger charge is 2.17. The lowest BCUT2D eigenvalue weighted by Crippen LogP contribution is -2.36. The number of piperidine rings is 1. The van der Waals surface area contributed by atoms with E-state index in [0.29, 0.717) is 5.75 Å². The molecule has 0 radical (unpaired) electrons. The normalized spacial score (nSPS) is 14.7. The maximum Gasteiger partial charge on any atom is 0.233 e. The Morgan fingerprint density at radius 2 is 2.13 bits per heavy atom. The van der Waals surface area contributed by atoms with Crippen LogP contribution in [0.15, 0.2) is 28.6 Å². The molecule has 0 atom stereocenters. The largest absolute Gasteiger partial charge is 0.342 e. The standard InChI is InChI=1S/C16H20N4OS2/c1-12-6-5-7-13(10-12)17-15-18-19-16(23-15)22-11-14(21)20-8-3-2-4-9-20/h5-7,10H,2-4,8-9,11H2,1H3,(H,17,18). The van der Waals surface area contributed by atoms with Gasteiger partial charge in [0.2, 0.25) is 11.0 Å². The Morgan fingerprint density at radius 1 is 1.30 bits per heavy atom. The van der Waals surface area contributed by atoms with Gasteiger partial charge >= 0.3 is 0 Å². The van der Waals surface area contributed by atoms with E-state index in [-0.39, 0.29) is 5.91 Å². The van der Waals surface area contributed by atoms with Gasteiger partial charge in [0.15, 0.2) is 4.34 Å². The highest BCUT2D eigenvalue weighted by molar-refractivity contribution is 8.01. The Hall–Kier alpha value is -1.60. The van der Waals surface area contributed by atoms with Crippen LogP contribution < -0.4 is 5.32 Å². The van der Waals surface area contributed by atoms with Gasteiger partial charge in [-0.1, -0.05) is 35.2 Å². The van der Waals surface area contributed by atoms with E-state index in [4.69, 9.17) is 0 Å². The number of carbonyl (C=O) groups excluding carboxylic acids is 1. The van der Waals surface area contributed by atoms with Crippen molar-refractivity contribution < 1.29 is 4.79 Å². The smallest absolute Gasteiger partial charge is 0.233 e. The summed E-state index contributed by atoms with van der Waals surface area (Å²) in [6, 6.07) is 8.12.